The Balaban J connectivity index is 1.62. The highest BCUT2D eigenvalue weighted by Crippen LogP contribution is 2.47. The van der Waals surface area contributed by atoms with Gasteiger partial charge in [0.2, 0.25) is 0 Å². The Kier molecular flexibility index (Phi) is 3.44. The molecule has 4 unspecified atom stereocenters. The van der Waals surface area contributed by atoms with Crippen molar-refractivity contribution in [2.75, 3.05) is 18.1 Å². The van der Waals surface area contributed by atoms with Crippen molar-refractivity contribution < 1.29 is 9.84 Å². The maximum absolute atomic E-state index is 10.4. The van der Waals surface area contributed by atoms with Crippen molar-refractivity contribution in [1.82, 2.24) is 0 Å². The van der Waals surface area contributed by atoms with Gasteiger partial charge in [-0.2, -0.15) is 11.8 Å². The van der Waals surface area contributed by atoms with Gasteiger partial charge in [0.15, 0.2) is 0 Å². The van der Waals surface area contributed by atoms with Crippen LogP contribution < -0.4 is 0 Å². The van der Waals surface area contributed by atoms with E-state index in [1.165, 1.54) is 30.8 Å². The molecule has 0 aromatic rings. The number of hydrogen-bond acceptors (Lipinski definition) is 3. The normalized spacial score (nSPS) is 42.4. The summed E-state index contributed by atoms with van der Waals surface area (Å²) in [4.78, 5) is 0. The van der Waals surface area contributed by atoms with Gasteiger partial charge < -0.3 is 9.84 Å². The van der Waals surface area contributed by atoms with Gasteiger partial charge in [-0.25, -0.2) is 0 Å². The Bertz CT molecular complexity index is 270. The van der Waals surface area contributed by atoms with Gasteiger partial charge in [-0.15, -0.1) is 0 Å². The van der Waals surface area contributed by atoms with E-state index in [-0.39, 0.29) is 11.7 Å². The van der Waals surface area contributed by atoms with E-state index in [4.69, 9.17) is 4.74 Å². The van der Waals surface area contributed by atoms with Gasteiger partial charge in [0, 0.05) is 6.61 Å². The zero-order valence-corrected chi connectivity index (χ0v) is 11.5. The smallest absolute Gasteiger partial charge is 0.0701 e. The Hall–Kier alpha value is 0.270. The molecule has 2 aliphatic heterocycles. The third-order valence-electron chi connectivity index (χ3n) is 5.03. The summed E-state index contributed by atoms with van der Waals surface area (Å²) < 4.78 is 6.09. The van der Waals surface area contributed by atoms with Crippen LogP contribution in [-0.2, 0) is 4.74 Å². The van der Waals surface area contributed by atoms with Crippen LogP contribution in [0.3, 0.4) is 0 Å². The summed E-state index contributed by atoms with van der Waals surface area (Å²) in [6.07, 6.45) is 5.75. The van der Waals surface area contributed by atoms with Crippen LogP contribution in [0.5, 0.6) is 0 Å². The Labute approximate surface area is 108 Å². The van der Waals surface area contributed by atoms with Gasteiger partial charge in [-0.3, -0.25) is 0 Å². The lowest BCUT2D eigenvalue weighted by atomic mass is 9.78. The first kappa shape index (κ1) is 12.3. The molecule has 1 spiro atoms. The van der Waals surface area contributed by atoms with E-state index in [1.54, 1.807) is 0 Å². The van der Waals surface area contributed by atoms with Crippen LogP contribution in [-0.4, -0.2) is 34.9 Å². The highest BCUT2D eigenvalue weighted by Gasteiger charge is 2.46. The minimum absolute atomic E-state index is 0.0552. The zero-order chi connectivity index (χ0) is 11.9. The van der Waals surface area contributed by atoms with E-state index in [1.807, 2.05) is 11.8 Å². The van der Waals surface area contributed by atoms with Crippen LogP contribution in [0.25, 0.3) is 0 Å². The molecule has 0 bridgehead atoms. The van der Waals surface area contributed by atoms with E-state index in [9.17, 15) is 5.11 Å². The van der Waals surface area contributed by atoms with Gasteiger partial charge in [0.25, 0.3) is 0 Å². The van der Waals surface area contributed by atoms with Crippen LogP contribution >= 0.6 is 11.8 Å². The quantitative estimate of drug-likeness (QED) is 0.824. The molecule has 1 saturated carbocycles. The van der Waals surface area contributed by atoms with Crippen LogP contribution in [0.4, 0.5) is 0 Å². The molecule has 1 N–H and O–H groups in total. The molecular weight excluding hydrogens is 232 g/mol. The van der Waals surface area contributed by atoms with E-state index in [0.29, 0.717) is 11.8 Å². The first-order valence-corrected chi connectivity index (χ1v) is 8.25. The van der Waals surface area contributed by atoms with E-state index < -0.39 is 0 Å². The summed E-state index contributed by atoms with van der Waals surface area (Å²) in [5, 5.41) is 10.4. The molecule has 3 fully saturated rings. The minimum Gasteiger partial charge on any atom is -0.393 e. The third kappa shape index (κ3) is 2.52. The molecule has 98 valence electrons. The summed E-state index contributed by atoms with van der Waals surface area (Å²) in [5.74, 6) is 4.33. The van der Waals surface area contributed by atoms with Gasteiger partial charge >= 0.3 is 0 Å². The Morgan fingerprint density at radius 1 is 1.35 bits per heavy atom. The van der Waals surface area contributed by atoms with Crippen molar-refractivity contribution in [3.63, 3.8) is 0 Å². The molecule has 17 heavy (non-hydrogen) atoms. The molecule has 3 rings (SSSR count). The highest BCUT2D eigenvalue weighted by molar-refractivity contribution is 7.99. The molecule has 3 aliphatic rings. The van der Waals surface area contributed by atoms with Crippen LogP contribution in [0, 0.1) is 17.8 Å². The lowest BCUT2D eigenvalue weighted by molar-refractivity contribution is -0.123. The molecule has 0 aromatic heterocycles. The number of thioether (sulfide) groups is 1. The maximum Gasteiger partial charge on any atom is 0.0701 e. The van der Waals surface area contributed by atoms with Gasteiger partial charge in [-0.05, 0) is 61.4 Å². The van der Waals surface area contributed by atoms with Crippen LogP contribution in [0.2, 0.25) is 0 Å². The SMILES string of the molecule is CC1CC1C(O)C1CCOC2(CCSCC2)C1. The number of aliphatic hydroxyl groups excluding tert-OH is 1. The molecule has 0 aromatic carbocycles. The van der Waals surface area contributed by atoms with Crippen molar-refractivity contribution in [2.24, 2.45) is 17.8 Å². The largest absolute Gasteiger partial charge is 0.393 e. The van der Waals surface area contributed by atoms with Crippen LogP contribution in [0.1, 0.15) is 39.0 Å². The Morgan fingerprint density at radius 3 is 2.71 bits per heavy atom. The van der Waals surface area contributed by atoms with E-state index in [0.717, 1.165) is 25.4 Å². The fourth-order valence-corrected chi connectivity index (χ4v) is 4.86. The van der Waals surface area contributed by atoms with Crippen molar-refractivity contribution in [3.8, 4) is 0 Å². The molecule has 0 amide bonds. The minimum atomic E-state index is -0.0552. The second kappa shape index (κ2) is 4.75. The molecule has 0 radical (unpaired) electrons. The summed E-state index contributed by atoms with van der Waals surface area (Å²) in [6, 6.07) is 0. The molecule has 4 atom stereocenters. The molecule has 1 aliphatic carbocycles. The predicted octanol–water partition coefficient (Wildman–Crippen LogP) is 2.70. The molecular formula is C14H24O2S. The number of hydrogen-bond donors (Lipinski definition) is 1. The fraction of sp³-hybridized carbons (Fsp3) is 1.00. The summed E-state index contributed by atoms with van der Waals surface area (Å²) in [6.45, 7) is 3.13. The van der Waals surface area contributed by atoms with E-state index >= 15 is 0 Å². The average molecular weight is 256 g/mol. The molecule has 2 saturated heterocycles. The standard InChI is InChI=1S/C14H24O2S/c1-10-8-12(10)13(15)11-2-5-16-14(9-11)3-6-17-7-4-14/h10-13,15H,2-9H2,1H3. The summed E-state index contributed by atoms with van der Waals surface area (Å²) in [7, 11) is 0. The second-order valence-electron chi connectivity index (χ2n) is 6.26. The summed E-state index contributed by atoms with van der Waals surface area (Å²) >= 11 is 2.05. The van der Waals surface area contributed by atoms with Crippen molar-refractivity contribution in [3.05, 3.63) is 0 Å². The topological polar surface area (TPSA) is 29.5 Å². The van der Waals surface area contributed by atoms with E-state index in [2.05, 4.69) is 6.92 Å². The first-order valence-electron chi connectivity index (χ1n) is 7.10. The number of ether oxygens (including phenoxy) is 1. The van der Waals surface area contributed by atoms with Crippen molar-refractivity contribution in [1.29, 1.82) is 0 Å². The fourth-order valence-electron chi connectivity index (χ4n) is 3.63. The van der Waals surface area contributed by atoms with Gasteiger partial charge in [-0.1, -0.05) is 6.92 Å². The van der Waals surface area contributed by atoms with Gasteiger partial charge in [0.05, 0.1) is 11.7 Å². The zero-order valence-electron chi connectivity index (χ0n) is 10.7. The summed E-state index contributed by atoms with van der Waals surface area (Å²) in [5.41, 5.74) is 0.132. The van der Waals surface area contributed by atoms with Gasteiger partial charge in [0.1, 0.15) is 0 Å². The number of rotatable bonds is 2. The molecule has 2 heterocycles. The average Bonchev–Trinajstić information content (AvgIpc) is 3.06. The maximum atomic E-state index is 10.4. The monoisotopic (exact) mass is 256 g/mol. The predicted molar refractivity (Wildman–Crippen MR) is 71.2 cm³/mol. The lowest BCUT2D eigenvalue weighted by Gasteiger charge is -2.44. The van der Waals surface area contributed by atoms with Crippen molar-refractivity contribution in [2.45, 2.75) is 50.7 Å². The lowest BCUT2D eigenvalue weighted by Crippen LogP contribution is -2.45. The molecule has 2 nitrogen and oxygen atoms in total. The first-order chi connectivity index (χ1) is 8.20. The number of aliphatic hydroxyl groups is 1. The third-order valence-corrected chi connectivity index (χ3v) is 6.01. The van der Waals surface area contributed by atoms with Crippen LogP contribution in [0.15, 0.2) is 0 Å². The second-order valence-corrected chi connectivity index (χ2v) is 7.49. The molecule has 3 heteroatoms. The highest BCUT2D eigenvalue weighted by atomic mass is 32.2. The Morgan fingerprint density at radius 2 is 2.06 bits per heavy atom. The van der Waals surface area contributed by atoms with Crippen molar-refractivity contribution >= 4 is 11.8 Å².